The van der Waals surface area contributed by atoms with Gasteiger partial charge in [-0.05, 0) is 50.2 Å². The van der Waals surface area contributed by atoms with Gasteiger partial charge in [-0.2, -0.15) is 0 Å². The topological polar surface area (TPSA) is 87.5 Å². The van der Waals surface area contributed by atoms with E-state index in [-0.39, 0.29) is 24.3 Å². The summed E-state index contributed by atoms with van der Waals surface area (Å²) in [6, 6.07) is 11.1. The molecule has 1 atom stereocenters. The lowest BCUT2D eigenvalue weighted by atomic mass is 10.3. The Morgan fingerprint density at radius 1 is 1.23 bits per heavy atom. The molecular weight excluding hydrogens is 423 g/mol. The van der Waals surface area contributed by atoms with Crippen LogP contribution < -0.4 is 19.5 Å². The molecule has 1 aliphatic rings. The number of anilines is 1. The third-order valence-electron chi connectivity index (χ3n) is 4.54. The third-order valence-corrected chi connectivity index (χ3v) is 5.51. The van der Waals surface area contributed by atoms with Gasteiger partial charge in [0.2, 0.25) is 12.7 Å². The zero-order chi connectivity index (χ0) is 21.8. The van der Waals surface area contributed by atoms with Gasteiger partial charge in [-0.3, -0.25) is 4.79 Å². The van der Waals surface area contributed by atoms with Crippen LogP contribution in [0.1, 0.15) is 25.8 Å². The lowest BCUT2D eigenvalue weighted by Gasteiger charge is -2.15. The molecule has 1 unspecified atom stereocenters. The SMILES string of the molecule is CCn1c(SCC(=O)Nc2ccc3c(c2)OCO3)nnc1C(C)Oc1ccc(F)cc1. The van der Waals surface area contributed by atoms with E-state index in [1.807, 2.05) is 18.4 Å². The predicted molar refractivity (Wildman–Crippen MR) is 113 cm³/mol. The van der Waals surface area contributed by atoms with E-state index in [0.29, 0.717) is 40.5 Å². The number of ether oxygens (including phenoxy) is 3. The van der Waals surface area contributed by atoms with Crippen LogP contribution in [0.15, 0.2) is 47.6 Å². The van der Waals surface area contributed by atoms with Crippen LogP contribution in [0.4, 0.5) is 10.1 Å². The fraction of sp³-hybridized carbons (Fsp3) is 0.286. The molecule has 0 fully saturated rings. The highest BCUT2D eigenvalue weighted by molar-refractivity contribution is 7.99. The summed E-state index contributed by atoms with van der Waals surface area (Å²) < 4.78 is 31.4. The number of halogens is 1. The molecule has 162 valence electrons. The second kappa shape index (κ2) is 9.25. The quantitative estimate of drug-likeness (QED) is 0.525. The van der Waals surface area contributed by atoms with Crippen LogP contribution in [0.25, 0.3) is 0 Å². The molecule has 4 rings (SSSR count). The van der Waals surface area contributed by atoms with E-state index in [9.17, 15) is 9.18 Å². The highest BCUT2D eigenvalue weighted by Gasteiger charge is 2.20. The first kappa shape index (κ1) is 21.0. The minimum absolute atomic E-state index is 0.166. The second-order valence-electron chi connectivity index (χ2n) is 6.70. The molecule has 10 heteroatoms. The summed E-state index contributed by atoms with van der Waals surface area (Å²) in [5.74, 6) is 2.10. The number of hydrogen-bond donors (Lipinski definition) is 1. The van der Waals surface area contributed by atoms with Crippen molar-refractivity contribution in [2.45, 2.75) is 31.7 Å². The number of rotatable bonds is 8. The molecule has 0 spiro atoms. The largest absolute Gasteiger partial charge is 0.483 e. The number of nitrogens with zero attached hydrogens (tertiary/aromatic N) is 3. The van der Waals surface area contributed by atoms with E-state index in [0.717, 1.165) is 0 Å². The Kier molecular flexibility index (Phi) is 6.26. The average molecular weight is 444 g/mol. The number of carbonyl (C=O) groups is 1. The standard InChI is InChI=1S/C21H21FN4O4S/c1-3-26-20(13(2)30-16-7-4-14(22)5-8-16)24-25-21(26)31-11-19(27)23-15-6-9-17-18(10-15)29-12-28-17/h4-10,13H,3,11-12H2,1-2H3,(H,23,27). The number of fused-ring (bicyclic) bond motifs is 1. The van der Waals surface area contributed by atoms with Gasteiger partial charge in [0.15, 0.2) is 28.6 Å². The Labute approximate surface area is 182 Å². The third kappa shape index (κ3) is 4.91. The van der Waals surface area contributed by atoms with Crippen LogP contribution in [0.5, 0.6) is 17.2 Å². The van der Waals surface area contributed by atoms with E-state index < -0.39 is 6.10 Å². The average Bonchev–Trinajstić information content (AvgIpc) is 3.40. The van der Waals surface area contributed by atoms with Crippen LogP contribution in [0.3, 0.4) is 0 Å². The Morgan fingerprint density at radius 2 is 2.00 bits per heavy atom. The summed E-state index contributed by atoms with van der Waals surface area (Å²) in [6.45, 7) is 4.61. The van der Waals surface area contributed by atoms with E-state index >= 15 is 0 Å². The minimum Gasteiger partial charge on any atom is -0.483 e. The molecule has 0 bridgehead atoms. The predicted octanol–water partition coefficient (Wildman–Crippen LogP) is 4.04. The molecule has 0 saturated carbocycles. The summed E-state index contributed by atoms with van der Waals surface area (Å²) in [4.78, 5) is 12.4. The van der Waals surface area contributed by atoms with Gasteiger partial charge < -0.3 is 24.1 Å². The molecule has 1 aliphatic heterocycles. The summed E-state index contributed by atoms with van der Waals surface area (Å²) in [6.07, 6.45) is -0.394. The smallest absolute Gasteiger partial charge is 0.234 e. The fourth-order valence-electron chi connectivity index (χ4n) is 3.08. The van der Waals surface area contributed by atoms with Crippen molar-refractivity contribution in [3.05, 3.63) is 54.1 Å². The molecular formula is C21H21FN4O4S. The van der Waals surface area contributed by atoms with Crippen molar-refractivity contribution in [2.24, 2.45) is 0 Å². The van der Waals surface area contributed by atoms with Crippen LogP contribution in [-0.2, 0) is 11.3 Å². The van der Waals surface area contributed by atoms with Crippen LogP contribution >= 0.6 is 11.8 Å². The van der Waals surface area contributed by atoms with Gasteiger partial charge >= 0.3 is 0 Å². The number of carbonyl (C=O) groups excluding carboxylic acids is 1. The van der Waals surface area contributed by atoms with E-state index in [1.165, 1.54) is 23.9 Å². The highest BCUT2D eigenvalue weighted by Crippen LogP contribution is 2.34. The Hall–Kier alpha value is -3.27. The number of hydrogen-bond acceptors (Lipinski definition) is 7. The van der Waals surface area contributed by atoms with Crippen molar-refractivity contribution < 1.29 is 23.4 Å². The van der Waals surface area contributed by atoms with Crippen LogP contribution in [0, 0.1) is 5.82 Å². The normalized spacial score (nSPS) is 13.1. The fourth-order valence-corrected chi connectivity index (χ4v) is 3.89. The zero-order valence-corrected chi connectivity index (χ0v) is 17.8. The first-order valence-corrected chi connectivity index (χ1v) is 10.7. The monoisotopic (exact) mass is 444 g/mol. The summed E-state index contributed by atoms with van der Waals surface area (Å²) in [7, 11) is 0. The van der Waals surface area contributed by atoms with Crippen molar-refractivity contribution in [2.75, 3.05) is 17.9 Å². The van der Waals surface area contributed by atoms with Crippen molar-refractivity contribution >= 4 is 23.4 Å². The molecule has 1 N–H and O–H groups in total. The maximum atomic E-state index is 13.1. The number of nitrogens with one attached hydrogen (secondary N) is 1. The molecule has 0 saturated heterocycles. The van der Waals surface area contributed by atoms with Gasteiger partial charge in [-0.15, -0.1) is 10.2 Å². The van der Waals surface area contributed by atoms with E-state index in [2.05, 4.69) is 15.5 Å². The van der Waals surface area contributed by atoms with Crippen LogP contribution in [-0.4, -0.2) is 33.2 Å². The molecule has 1 amide bonds. The highest BCUT2D eigenvalue weighted by atomic mass is 32.2. The Bertz CT molecular complexity index is 1070. The number of benzene rings is 2. The molecule has 0 aliphatic carbocycles. The maximum Gasteiger partial charge on any atom is 0.234 e. The molecule has 3 aromatic rings. The molecule has 2 aromatic carbocycles. The Morgan fingerprint density at radius 3 is 2.77 bits per heavy atom. The number of thioether (sulfide) groups is 1. The summed E-state index contributed by atoms with van der Waals surface area (Å²) >= 11 is 1.29. The minimum atomic E-state index is -0.394. The number of amides is 1. The molecule has 0 radical (unpaired) electrons. The van der Waals surface area contributed by atoms with Gasteiger partial charge in [0.05, 0.1) is 5.75 Å². The summed E-state index contributed by atoms with van der Waals surface area (Å²) in [5, 5.41) is 11.9. The van der Waals surface area contributed by atoms with Crippen molar-refractivity contribution in [3.63, 3.8) is 0 Å². The molecule has 31 heavy (non-hydrogen) atoms. The Balaban J connectivity index is 1.36. The molecule has 1 aromatic heterocycles. The number of aromatic nitrogens is 3. The van der Waals surface area contributed by atoms with Crippen molar-refractivity contribution in [1.29, 1.82) is 0 Å². The van der Waals surface area contributed by atoms with Gasteiger partial charge in [-0.25, -0.2) is 4.39 Å². The van der Waals surface area contributed by atoms with Crippen molar-refractivity contribution in [3.8, 4) is 17.2 Å². The van der Waals surface area contributed by atoms with Gasteiger partial charge in [0.25, 0.3) is 0 Å². The van der Waals surface area contributed by atoms with Gasteiger partial charge in [-0.1, -0.05) is 11.8 Å². The van der Waals surface area contributed by atoms with E-state index in [4.69, 9.17) is 14.2 Å². The lowest BCUT2D eigenvalue weighted by molar-refractivity contribution is -0.113. The van der Waals surface area contributed by atoms with Crippen LogP contribution in [0.2, 0.25) is 0 Å². The summed E-state index contributed by atoms with van der Waals surface area (Å²) in [5.41, 5.74) is 0.633. The van der Waals surface area contributed by atoms with E-state index in [1.54, 1.807) is 30.3 Å². The van der Waals surface area contributed by atoms with Gasteiger partial charge in [0, 0.05) is 18.3 Å². The first-order chi connectivity index (χ1) is 15.0. The second-order valence-corrected chi connectivity index (χ2v) is 7.65. The zero-order valence-electron chi connectivity index (χ0n) is 17.0. The lowest BCUT2D eigenvalue weighted by Crippen LogP contribution is -2.15. The van der Waals surface area contributed by atoms with Gasteiger partial charge in [0.1, 0.15) is 11.6 Å². The van der Waals surface area contributed by atoms with Crippen molar-refractivity contribution in [1.82, 2.24) is 14.8 Å². The first-order valence-electron chi connectivity index (χ1n) is 9.71. The molecule has 2 heterocycles. The molecule has 8 nitrogen and oxygen atoms in total. The maximum absolute atomic E-state index is 13.1.